The van der Waals surface area contributed by atoms with E-state index in [0.717, 1.165) is 11.0 Å². The molecule has 0 amide bonds. The molecule has 0 spiro atoms. The highest BCUT2D eigenvalue weighted by molar-refractivity contribution is 4.94. The second-order valence-electron chi connectivity index (χ2n) is 2.88. The average molecular weight is 112 g/mol. The predicted molar refractivity (Wildman–Crippen MR) is 36.3 cm³/mol. The van der Waals surface area contributed by atoms with E-state index in [9.17, 15) is 0 Å². The number of rotatable bonds is 1. The third kappa shape index (κ3) is 5.52. The number of hydrogen-bond donors (Lipinski definition) is 0. The molecule has 0 rings (SSSR count). The summed E-state index contributed by atoms with van der Waals surface area (Å²) in [6.45, 7) is 2.81. The van der Waals surface area contributed by atoms with Crippen LogP contribution in [0.1, 0.15) is 6.92 Å². The minimum Gasteiger partial charge on any atom is -0.321 e. The van der Waals surface area contributed by atoms with Crippen molar-refractivity contribution in [2.45, 2.75) is 6.92 Å². The lowest BCUT2D eigenvalue weighted by Crippen LogP contribution is -2.34. The fourth-order valence-electron chi connectivity index (χ4n) is 0.316. The van der Waals surface area contributed by atoms with Crippen LogP contribution in [-0.4, -0.2) is 32.2 Å². The van der Waals surface area contributed by atoms with Gasteiger partial charge in [-0.3, -0.25) is 0 Å². The molecule has 1 nitrogen and oxygen atoms in total. The summed E-state index contributed by atoms with van der Waals surface area (Å²) in [5, 5.41) is 0. The molecule has 46 valence electrons. The molecule has 0 aliphatic carbocycles. The molecule has 0 radical (unpaired) electrons. The van der Waals surface area contributed by atoms with Gasteiger partial charge in [0, 0.05) is 0 Å². The van der Waals surface area contributed by atoms with Gasteiger partial charge in [-0.2, -0.15) is 0 Å². The lowest BCUT2D eigenvalue weighted by molar-refractivity contribution is -0.862. The minimum atomic E-state index is 0.931. The van der Waals surface area contributed by atoms with Gasteiger partial charge in [-0.15, -0.1) is 5.92 Å². The van der Waals surface area contributed by atoms with Crippen LogP contribution < -0.4 is 0 Å². The molecule has 0 aromatic rings. The van der Waals surface area contributed by atoms with Crippen molar-refractivity contribution in [1.29, 1.82) is 0 Å². The lowest BCUT2D eigenvalue weighted by Gasteiger charge is -2.19. The van der Waals surface area contributed by atoms with Crippen molar-refractivity contribution in [1.82, 2.24) is 0 Å². The van der Waals surface area contributed by atoms with Crippen LogP contribution in [0.3, 0.4) is 0 Å². The van der Waals surface area contributed by atoms with Gasteiger partial charge in [-0.25, -0.2) is 0 Å². The van der Waals surface area contributed by atoms with Crippen LogP contribution in [0.2, 0.25) is 0 Å². The van der Waals surface area contributed by atoms with E-state index in [-0.39, 0.29) is 0 Å². The highest BCUT2D eigenvalue weighted by atomic mass is 15.3. The van der Waals surface area contributed by atoms with Crippen LogP contribution in [0.5, 0.6) is 0 Å². The van der Waals surface area contributed by atoms with Gasteiger partial charge in [0.1, 0.15) is 6.54 Å². The normalized spacial score (nSPS) is 10.0. The zero-order chi connectivity index (χ0) is 6.62. The third-order valence-corrected chi connectivity index (χ3v) is 0.730. The van der Waals surface area contributed by atoms with E-state index in [1.165, 1.54) is 0 Å². The van der Waals surface area contributed by atoms with E-state index < -0.39 is 0 Å². The fourth-order valence-corrected chi connectivity index (χ4v) is 0.316. The molecule has 0 aliphatic heterocycles. The van der Waals surface area contributed by atoms with Gasteiger partial charge < -0.3 is 4.48 Å². The summed E-state index contributed by atoms with van der Waals surface area (Å²) in [6.07, 6.45) is 0. The van der Waals surface area contributed by atoms with Gasteiger partial charge in [-0.1, -0.05) is 0 Å². The Morgan fingerprint density at radius 1 is 1.25 bits per heavy atom. The zero-order valence-corrected chi connectivity index (χ0v) is 6.15. The van der Waals surface area contributed by atoms with Gasteiger partial charge >= 0.3 is 0 Å². The van der Waals surface area contributed by atoms with Gasteiger partial charge in [-0.05, 0) is 12.8 Å². The maximum absolute atomic E-state index is 3.01. The Kier molecular flexibility index (Phi) is 2.57. The van der Waals surface area contributed by atoms with Gasteiger partial charge in [0.2, 0.25) is 0 Å². The second-order valence-corrected chi connectivity index (χ2v) is 2.88. The molecule has 8 heavy (non-hydrogen) atoms. The molecule has 0 saturated heterocycles. The molecule has 0 atom stereocenters. The highest BCUT2D eigenvalue weighted by Gasteiger charge is 2.00. The third-order valence-electron chi connectivity index (χ3n) is 0.730. The van der Waals surface area contributed by atoms with Crippen molar-refractivity contribution in [3.05, 3.63) is 0 Å². The Morgan fingerprint density at radius 3 is 1.88 bits per heavy atom. The smallest absolute Gasteiger partial charge is 0.140 e. The molecular weight excluding hydrogens is 98.1 g/mol. The van der Waals surface area contributed by atoms with Crippen molar-refractivity contribution in [3.8, 4) is 11.8 Å². The largest absolute Gasteiger partial charge is 0.321 e. The molecule has 0 N–H and O–H groups in total. The average Bonchev–Trinajstić information content (AvgIpc) is 1.59. The summed E-state index contributed by atoms with van der Waals surface area (Å²) in [4.78, 5) is 0. The molecule has 0 aliphatic rings. The van der Waals surface area contributed by atoms with Crippen molar-refractivity contribution >= 4 is 0 Å². The van der Waals surface area contributed by atoms with Gasteiger partial charge in [0.15, 0.2) is 0 Å². The first kappa shape index (κ1) is 7.52. The molecule has 0 aromatic carbocycles. The summed E-state index contributed by atoms with van der Waals surface area (Å²) < 4.78 is 0.931. The summed E-state index contributed by atoms with van der Waals surface area (Å²) >= 11 is 0. The molecule has 0 heterocycles. The molecule has 0 fully saturated rings. The maximum atomic E-state index is 3.01. The Balaban J connectivity index is 3.50. The van der Waals surface area contributed by atoms with Crippen LogP contribution in [-0.2, 0) is 0 Å². The number of hydrogen-bond acceptors (Lipinski definition) is 0. The fraction of sp³-hybridized carbons (Fsp3) is 0.714. The van der Waals surface area contributed by atoms with Gasteiger partial charge in [0.25, 0.3) is 0 Å². The summed E-state index contributed by atoms with van der Waals surface area (Å²) in [5.41, 5.74) is 0. The van der Waals surface area contributed by atoms with Crippen molar-refractivity contribution in [3.63, 3.8) is 0 Å². The zero-order valence-electron chi connectivity index (χ0n) is 6.15. The van der Waals surface area contributed by atoms with E-state index in [4.69, 9.17) is 0 Å². The first-order chi connectivity index (χ1) is 3.56. The Labute approximate surface area is 51.9 Å². The van der Waals surface area contributed by atoms with E-state index in [1.54, 1.807) is 0 Å². The van der Waals surface area contributed by atoms with E-state index >= 15 is 0 Å². The van der Waals surface area contributed by atoms with Crippen LogP contribution in [0.25, 0.3) is 0 Å². The van der Waals surface area contributed by atoms with Crippen molar-refractivity contribution in [2.75, 3.05) is 27.7 Å². The monoisotopic (exact) mass is 112 g/mol. The second kappa shape index (κ2) is 2.74. The summed E-state index contributed by atoms with van der Waals surface area (Å²) in [5.74, 6) is 5.87. The predicted octanol–water partition coefficient (Wildman–Crippen LogP) is 0.716. The van der Waals surface area contributed by atoms with Crippen LogP contribution >= 0.6 is 0 Å². The Hall–Kier alpha value is -0.480. The van der Waals surface area contributed by atoms with Crippen LogP contribution in [0, 0.1) is 11.8 Å². The van der Waals surface area contributed by atoms with Crippen LogP contribution in [0.15, 0.2) is 0 Å². The van der Waals surface area contributed by atoms with Crippen molar-refractivity contribution < 1.29 is 4.48 Å². The summed E-state index contributed by atoms with van der Waals surface area (Å²) in [7, 11) is 6.39. The molecule has 0 aromatic heterocycles. The van der Waals surface area contributed by atoms with E-state index in [1.807, 2.05) is 6.92 Å². The van der Waals surface area contributed by atoms with E-state index in [2.05, 4.69) is 33.0 Å². The number of nitrogens with zero attached hydrogens (tertiary/aromatic N) is 1. The molecular formula is C7H14N+. The summed E-state index contributed by atoms with van der Waals surface area (Å²) in [6, 6.07) is 0. The molecule has 0 unspecified atom stereocenters. The van der Waals surface area contributed by atoms with Crippen LogP contribution in [0.4, 0.5) is 0 Å². The van der Waals surface area contributed by atoms with Crippen molar-refractivity contribution in [2.24, 2.45) is 0 Å². The van der Waals surface area contributed by atoms with Gasteiger partial charge in [0.05, 0.1) is 21.1 Å². The maximum Gasteiger partial charge on any atom is 0.140 e. The SMILES string of the molecule is CC#CC[N+](C)(C)C. The molecule has 0 bridgehead atoms. The quantitative estimate of drug-likeness (QED) is 0.346. The number of quaternary nitrogens is 1. The molecule has 0 saturated carbocycles. The lowest BCUT2D eigenvalue weighted by atomic mass is 10.5. The standard InChI is InChI=1S/C7H14N/c1-5-6-7-8(2,3)4/h7H2,1-4H3/q+1. The first-order valence-electron chi connectivity index (χ1n) is 2.76. The Morgan fingerprint density at radius 2 is 1.75 bits per heavy atom. The minimum absolute atomic E-state index is 0.931. The first-order valence-corrected chi connectivity index (χ1v) is 2.76. The molecule has 1 heteroatoms. The topological polar surface area (TPSA) is 0 Å². The highest BCUT2D eigenvalue weighted by Crippen LogP contribution is 1.84. The van der Waals surface area contributed by atoms with E-state index in [0.29, 0.717) is 0 Å². The Bertz CT molecular complexity index is 109.